The van der Waals surface area contributed by atoms with Crippen molar-refractivity contribution in [3.05, 3.63) is 66.2 Å². The monoisotopic (exact) mass is 446 g/mol. The van der Waals surface area contributed by atoms with Crippen molar-refractivity contribution in [2.24, 2.45) is 0 Å². The fourth-order valence-corrected chi connectivity index (χ4v) is 3.09. The summed E-state index contributed by atoms with van der Waals surface area (Å²) in [7, 11) is 3.13. The number of nitriles is 1. The third-order valence-corrected chi connectivity index (χ3v) is 4.65. The van der Waals surface area contributed by atoms with Gasteiger partial charge in [-0.1, -0.05) is 18.2 Å². The van der Waals surface area contributed by atoms with Gasteiger partial charge < -0.3 is 18.6 Å². The predicted molar refractivity (Wildman–Crippen MR) is 122 cm³/mol. The van der Waals surface area contributed by atoms with Crippen LogP contribution in [0.15, 0.2) is 65.1 Å². The molecule has 0 aliphatic carbocycles. The van der Waals surface area contributed by atoms with E-state index in [9.17, 15) is 14.9 Å². The fraction of sp³-hybridized carbons (Fsp3) is 0.160. The summed E-state index contributed by atoms with van der Waals surface area (Å²) in [5.74, 6) is 0.379. The first kappa shape index (κ1) is 23.2. The highest BCUT2D eigenvalue weighted by Crippen LogP contribution is 2.42. The highest BCUT2D eigenvalue weighted by molar-refractivity contribution is 5.97. The number of carbonyl (C=O) groups is 2. The Morgan fingerprint density at radius 2 is 1.58 bits per heavy atom. The number of anilines is 1. The summed E-state index contributed by atoms with van der Waals surface area (Å²) < 4.78 is 21.2. The Morgan fingerprint density at radius 1 is 1.00 bits per heavy atom. The van der Waals surface area contributed by atoms with Crippen LogP contribution in [-0.2, 0) is 14.3 Å². The van der Waals surface area contributed by atoms with E-state index in [4.69, 9.17) is 18.6 Å². The number of rotatable bonds is 8. The number of esters is 1. The molecular formula is C25H22N2O6. The first-order chi connectivity index (χ1) is 16.0. The zero-order valence-corrected chi connectivity index (χ0v) is 18.4. The van der Waals surface area contributed by atoms with E-state index in [2.05, 4.69) is 11.4 Å². The van der Waals surface area contributed by atoms with Crippen molar-refractivity contribution in [2.75, 3.05) is 26.1 Å². The molecule has 8 heteroatoms. The van der Waals surface area contributed by atoms with Crippen molar-refractivity contribution in [1.29, 1.82) is 5.26 Å². The molecule has 0 spiro atoms. The van der Waals surface area contributed by atoms with Gasteiger partial charge in [-0.05, 0) is 48.9 Å². The molecule has 168 valence electrons. The number of hydrogen-bond acceptors (Lipinski definition) is 7. The zero-order chi connectivity index (χ0) is 23.8. The SMILES string of the molecule is CC=CC(=O)OCC(=O)Nc1oc(-c2ccc(OC)cc2)c(-c2ccc(OC)cc2)c1C#N. The predicted octanol–water partition coefficient (Wildman–Crippen LogP) is 4.56. The topological polar surface area (TPSA) is 111 Å². The minimum absolute atomic E-state index is 0.0405. The maximum absolute atomic E-state index is 12.3. The molecule has 0 fully saturated rings. The fourth-order valence-electron chi connectivity index (χ4n) is 3.09. The second kappa shape index (κ2) is 10.7. The Bertz CT molecular complexity index is 1200. The van der Waals surface area contributed by atoms with Crippen LogP contribution in [-0.4, -0.2) is 32.7 Å². The lowest BCUT2D eigenvalue weighted by Crippen LogP contribution is -2.20. The maximum Gasteiger partial charge on any atom is 0.330 e. The van der Waals surface area contributed by atoms with E-state index >= 15 is 0 Å². The lowest BCUT2D eigenvalue weighted by molar-refractivity contribution is -0.142. The minimum Gasteiger partial charge on any atom is -0.497 e. The Labute approximate surface area is 191 Å². The molecule has 1 amide bonds. The summed E-state index contributed by atoms with van der Waals surface area (Å²) >= 11 is 0. The van der Waals surface area contributed by atoms with Crippen LogP contribution in [0.25, 0.3) is 22.5 Å². The van der Waals surface area contributed by atoms with E-state index in [0.29, 0.717) is 33.9 Å². The quantitative estimate of drug-likeness (QED) is 0.399. The van der Waals surface area contributed by atoms with Crippen LogP contribution in [0.2, 0.25) is 0 Å². The summed E-state index contributed by atoms with van der Waals surface area (Å²) in [6.45, 7) is 1.13. The Kier molecular flexibility index (Phi) is 7.50. The highest BCUT2D eigenvalue weighted by Gasteiger charge is 2.24. The molecule has 0 radical (unpaired) electrons. The number of ether oxygens (including phenoxy) is 3. The van der Waals surface area contributed by atoms with Gasteiger partial charge in [-0.2, -0.15) is 5.26 Å². The Hall–Kier alpha value is -4.51. The number of methoxy groups -OCH3 is 2. The first-order valence-corrected chi connectivity index (χ1v) is 9.95. The summed E-state index contributed by atoms with van der Waals surface area (Å²) in [5.41, 5.74) is 2.02. The van der Waals surface area contributed by atoms with Gasteiger partial charge in [0.25, 0.3) is 5.91 Å². The van der Waals surface area contributed by atoms with Crippen LogP contribution in [0.1, 0.15) is 12.5 Å². The van der Waals surface area contributed by atoms with Crippen molar-refractivity contribution >= 4 is 17.8 Å². The molecule has 0 bridgehead atoms. The number of nitrogens with one attached hydrogen (secondary N) is 1. The molecule has 3 rings (SSSR count). The molecule has 0 saturated heterocycles. The second-order valence-electron chi connectivity index (χ2n) is 6.74. The van der Waals surface area contributed by atoms with Gasteiger partial charge in [0.05, 0.1) is 14.2 Å². The average Bonchev–Trinajstić information content (AvgIpc) is 3.21. The molecule has 0 atom stereocenters. The molecule has 33 heavy (non-hydrogen) atoms. The van der Waals surface area contributed by atoms with Crippen LogP contribution in [0.3, 0.4) is 0 Å². The van der Waals surface area contributed by atoms with Gasteiger partial charge in [-0.15, -0.1) is 0 Å². The van der Waals surface area contributed by atoms with Crippen molar-refractivity contribution < 1.29 is 28.2 Å². The van der Waals surface area contributed by atoms with Gasteiger partial charge in [0, 0.05) is 17.2 Å². The Morgan fingerprint density at radius 3 is 2.09 bits per heavy atom. The normalized spacial score (nSPS) is 10.5. The van der Waals surface area contributed by atoms with Crippen molar-refractivity contribution in [1.82, 2.24) is 0 Å². The maximum atomic E-state index is 12.3. The molecule has 8 nitrogen and oxygen atoms in total. The summed E-state index contributed by atoms with van der Waals surface area (Å²) in [5, 5.41) is 12.4. The van der Waals surface area contributed by atoms with Crippen LogP contribution in [0, 0.1) is 11.3 Å². The summed E-state index contributed by atoms with van der Waals surface area (Å²) in [6.07, 6.45) is 2.70. The number of nitrogens with zero attached hydrogens (tertiary/aromatic N) is 1. The molecule has 0 unspecified atom stereocenters. The summed E-state index contributed by atoms with van der Waals surface area (Å²) in [4.78, 5) is 23.8. The van der Waals surface area contributed by atoms with Gasteiger partial charge in [0.1, 0.15) is 28.9 Å². The van der Waals surface area contributed by atoms with E-state index in [0.717, 1.165) is 0 Å². The van der Waals surface area contributed by atoms with Gasteiger partial charge in [-0.3, -0.25) is 10.1 Å². The Balaban J connectivity index is 2.03. The van der Waals surface area contributed by atoms with Crippen LogP contribution in [0.4, 0.5) is 5.88 Å². The lowest BCUT2D eigenvalue weighted by Gasteiger charge is -2.06. The number of hydrogen-bond donors (Lipinski definition) is 1. The molecule has 0 saturated carbocycles. The van der Waals surface area contributed by atoms with Crippen molar-refractivity contribution in [2.45, 2.75) is 6.92 Å². The van der Waals surface area contributed by atoms with E-state index in [1.807, 2.05) is 0 Å². The molecule has 1 N–H and O–H groups in total. The van der Waals surface area contributed by atoms with E-state index in [1.54, 1.807) is 69.7 Å². The second-order valence-corrected chi connectivity index (χ2v) is 6.74. The molecule has 0 aliphatic rings. The van der Waals surface area contributed by atoms with E-state index < -0.39 is 18.5 Å². The largest absolute Gasteiger partial charge is 0.497 e. The number of benzene rings is 2. The van der Waals surface area contributed by atoms with Gasteiger partial charge in [0.2, 0.25) is 5.88 Å². The molecule has 3 aromatic rings. The molecule has 0 aliphatic heterocycles. The molecule has 1 aromatic heterocycles. The molecule has 1 heterocycles. The highest BCUT2D eigenvalue weighted by atomic mass is 16.5. The van der Waals surface area contributed by atoms with Gasteiger partial charge in [0.15, 0.2) is 6.61 Å². The first-order valence-electron chi connectivity index (χ1n) is 9.95. The standard InChI is InChI=1S/C25H22N2O6/c1-4-5-22(29)32-15-21(28)27-25-20(14-26)23(16-6-10-18(30-2)11-7-16)24(33-25)17-8-12-19(31-3)13-9-17/h4-13H,15H2,1-3H3,(H,27,28). The third-order valence-electron chi connectivity index (χ3n) is 4.65. The lowest BCUT2D eigenvalue weighted by atomic mass is 9.98. The van der Waals surface area contributed by atoms with Gasteiger partial charge >= 0.3 is 5.97 Å². The average molecular weight is 446 g/mol. The van der Waals surface area contributed by atoms with Crippen LogP contribution >= 0.6 is 0 Å². The van der Waals surface area contributed by atoms with Crippen LogP contribution in [0.5, 0.6) is 11.5 Å². The number of amides is 1. The molecule has 2 aromatic carbocycles. The van der Waals surface area contributed by atoms with E-state index in [1.165, 1.54) is 12.2 Å². The smallest absolute Gasteiger partial charge is 0.330 e. The third kappa shape index (κ3) is 5.40. The number of allylic oxidation sites excluding steroid dienone is 1. The summed E-state index contributed by atoms with van der Waals surface area (Å²) in [6, 6.07) is 16.3. The van der Waals surface area contributed by atoms with Crippen molar-refractivity contribution in [3.63, 3.8) is 0 Å². The zero-order valence-electron chi connectivity index (χ0n) is 18.4. The van der Waals surface area contributed by atoms with Crippen molar-refractivity contribution in [3.8, 4) is 40.0 Å². The van der Waals surface area contributed by atoms with Gasteiger partial charge in [-0.25, -0.2) is 4.79 Å². The molecular weight excluding hydrogens is 424 g/mol. The number of carbonyl (C=O) groups excluding carboxylic acids is 2. The van der Waals surface area contributed by atoms with Crippen LogP contribution < -0.4 is 14.8 Å². The van der Waals surface area contributed by atoms with E-state index in [-0.39, 0.29) is 11.4 Å². The number of furan rings is 1. The minimum atomic E-state index is -0.648.